The Labute approximate surface area is 124 Å². The van der Waals surface area contributed by atoms with Crippen molar-refractivity contribution in [3.63, 3.8) is 0 Å². The number of hydrogen-bond acceptors (Lipinski definition) is 3. The maximum Gasteiger partial charge on any atom is 0.0441 e. The highest BCUT2D eigenvalue weighted by Gasteiger charge is 2.13. The first-order valence-corrected chi connectivity index (χ1v) is 7.60. The van der Waals surface area contributed by atoms with Crippen LogP contribution in [0.1, 0.15) is 59.8 Å². The van der Waals surface area contributed by atoms with Crippen molar-refractivity contribution >= 4 is 6.21 Å². The summed E-state index contributed by atoms with van der Waals surface area (Å²) in [6, 6.07) is 0.274. The molecule has 20 heavy (non-hydrogen) atoms. The van der Waals surface area contributed by atoms with Crippen LogP contribution in [0.2, 0.25) is 0 Å². The monoisotopic (exact) mass is 280 g/mol. The van der Waals surface area contributed by atoms with Gasteiger partial charge in [0.25, 0.3) is 0 Å². The van der Waals surface area contributed by atoms with Crippen molar-refractivity contribution in [2.24, 2.45) is 22.2 Å². The Morgan fingerprint density at radius 2 is 1.65 bits per heavy atom. The zero-order valence-corrected chi connectivity index (χ0v) is 13.5. The molecule has 0 saturated carbocycles. The molecule has 3 N–H and O–H groups in total. The van der Waals surface area contributed by atoms with E-state index in [1.807, 2.05) is 0 Å². The van der Waals surface area contributed by atoms with E-state index in [0.717, 1.165) is 32.1 Å². The molecule has 0 rings (SSSR count). The molecule has 1 atom stereocenters. The van der Waals surface area contributed by atoms with Crippen LogP contribution in [0.4, 0.5) is 0 Å². The Hall–Kier alpha value is -1.09. The minimum absolute atomic E-state index is 0.155. The maximum atomic E-state index is 8.43. The third kappa shape index (κ3) is 10.8. The summed E-state index contributed by atoms with van der Waals surface area (Å²) in [5.41, 5.74) is 6.13. The number of rotatable bonds is 10. The van der Waals surface area contributed by atoms with Crippen LogP contribution in [0.5, 0.6) is 0 Å². The molecule has 0 aromatic carbocycles. The van der Waals surface area contributed by atoms with E-state index in [9.17, 15) is 0 Å². The van der Waals surface area contributed by atoms with Gasteiger partial charge in [-0.2, -0.15) is 0 Å². The average Bonchev–Trinajstić information content (AvgIpc) is 2.39. The molecule has 0 spiro atoms. The first-order valence-electron chi connectivity index (χ1n) is 7.60. The highest BCUT2D eigenvalue weighted by atomic mass is 16.4. The van der Waals surface area contributed by atoms with Gasteiger partial charge in [-0.1, -0.05) is 52.0 Å². The molecule has 0 amide bonds. The fourth-order valence-electron chi connectivity index (χ4n) is 1.73. The van der Waals surface area contributed by atoms with Gasteiger partial charge in [0.05, 0.1) is 0 Å². The molecular weight excluding hydrogens is 248 g/mol. The second kappa shape index (κ2) is 10.7. The van der Waals surface area contributed by atoms with Crippen LogP contribution in [0.25, 0.3) is 0 Å². The van der Waals surface area contributed by atoms with Crippen LogP contribution in [0.15, 0.2) is 29.5 Å². The second-order valence-electron chi connectivity index (χ2n) is 6.53. The number of nitrogens with two attached hydrogens (primary N) is 1. The number of nitrogens with zero attached hydrogens (tertiary/aromatic N) is 1. The predicted octanol–water partition coefficient (Wildman–Crippen LogP) is 4.52. The molecule has 3 nitrogen and oxygen atoms in total. The molecule has 0 radical (unpaired) electrons. The number of allylic oxidation sites excluding steroid dienone is 3. The van der Waals surface area contributed by atoms with Gasteiger partial charge in [-0.25, -0.2) is 0 Å². The van der Waals surface area contributed by atoms with E-state index in [4.69, 9.17) is 10.9 Å². The molecule has 0 heterocycles. The molecule has 3 heteroatoms. The molecule has 0 fully saturated rings. The van der Waals surface area contributed by atoms with E-state index in [1.54, 1.807) is 6.21 Å². The minimum atomic E-state index is 0.155. The third-order valence-corrected chi connectivity index (χ3v) is 3.49. The van der Waals surface area contributed by atoms with Crippen LogP contribution >= 0.6 is 0 Å². The lowest BCUT2D eigenvalue weighted by atomic mass is 9.86. The van der Waals surface area contributed by atoms with Gasteiger partial charge in [0, 0.05) is 12.3 Å². The molecule has 0 aliphatic carbocycles. The van der Waals surface area contributed by atoms with Gasteiger partial charge in [0.15, 0.2) is 0 Å². The predicted molar refractivity (Wildman–Crippen MR) is 88.2 cm³/mol. The Morgan fingerprint density at radius 3 is 2.20 bits per heavy atom. The van der Waals surface area contributed by atoms with Crippen molar-refractivity contribution in [1.82, 2.24) is 0 Å². The average molecular weight is 280 g/mol. The first kappa shape index (κ1) is 18.9. The lowest BCUT2D eigenvalue weighted by molar-refractivity contribution is 0.314. The van der Waals surface area contributed by atoms with Crippen LogP contribution in [-0.2, 0) is 0 Å². The van der Waals surface area contributed by atoms with Crippen LogP contribution in [0.3, 0.4) is 0 Å². The highest BCUT2D eigenvalue weighted by Crippen LogP contribution is 2.24. The Bertz CT molecular complexity index is 317. The topological polar surface area (TPSA) is 58.6 Å². The molecule has 116 valence electrons. The smallest absolute Gasteiger partial charge is 0.0441 e. The molecule has 0 saturated heterocycles. The van der Waals surface area contributed by atoms with Crippen molar-refractivity contribution in [1.29, 1.82) is 0 Å². The Balaban J connectivity index is 3.74. The maximum absolute atomic E-state index is 8.43. The number of oxime groups is 1. The van der Waals surface area contributed by atoms with Gasteiger partial charge in [0.2, 0.25) is 0 Å². The fourth-order valence-corrected chi connectivity index (χ4v) is 1.73. The lowest BCUT2D eigenvalue weighted by Crippen LogP contribution is -2.25. The lowest BCUT2D eigenvalue weighted by Gasteiger charge is -2.19. The zero-order valence-electron chi connectivity index (χ0n) is 13.5. The molecule has 0 aromatic rings. The highest BCUT2D eigenvalue weighted by molar-refractivity contribution is 5.57. The summed E-state index contributed by atoms with van der Waals surface area (Å²) >= 11 is 0. The Morgan fingerprint density at radius 1 is 1.05 bits per heavy atom. The SMILES string of the molecule is CC(C)C(N)CC=CCCC=CCC(C)(C)CC=NO. The van der Waals surface area contributed by atoms with Gasteiger partial charge >= 0.3 is 0 Å². The van der Waals surface area contributed by atoms with Crippen LogP contribution in [0, 0.1) is 11.3 Å². The van der Waals surface area contributed by atoms with Crippen molar-refractivity contribution in [2.75, 3.05) is 0 Å². The summed E-state index contributed by atoms with van der Waals surface area (Å²) in [5.74, 6) is 0.546. The standard InChI is InChI=1S/C17H32N2O/c1-15(2)16(18)11-9-7-5-6-8-10-12-17(3,4)13-14-19-20/h7-10,14-16,20H,5-6,11-13,18H2,1-4H3. The third-order valence-electron chi connectivity index (χ3n) is 3.49. The zero-order chi connectivity index (χ0) is 15.4. The summed E-state index contributed by atoms with van der Waals surface area (Å²) in [6.45, 7) is 8.66. The van der Waals surface area contributed by atoms with Gasteiger partial charge in [0.1, 0.15) is 0 Å². The van der Waals surface area contributed by atoms with Gasteiger partial charge in [-0.15, -0.1) is 5.16 Å². The largest absolute Gasteiger partial charge is 0.411 e. The molecule has 0 aliphatic heterocycles. The quantitative estimate of drug-likeness (QED) is 0.203. The van der Waals surface area contributed by atoms with E-state index in [-0.39, 0.29) is 11.5 Å². The van der Waals surface area contributed by atoms with Crippen molar-refractivity contribution in [3.05, 3.63) is 24.3 Å². The first-order chi connectivity index (χ1) is 9.39. The molecule has 0 bridgehead atoms. The van der Waals surface area contributed by atoms with Crippen LogP contribution in [-0.4, -0.2) is 17.5 Å². The van der Waals surface area contributed by atoms with E-state index < -0.39 is 0 Å². The summed E-state index contributed by atoms with van der Waals surface area (Å²) in [5, 5.41) is 11.5. The summed E-state index contributed by atoms with van der Waals surface area (Å²) in [6.07, 6.45) is 15.3. The summed E-state index contributed by atoms with van der Waals surface area (Å²) in [7, 11) is 0. The summed E-state index contributed by atoms with van der Waals surface area (Å²) in [4.78, 5) is 0. The van der Waals surface area contributed by atoms with E-state index >= 15 is 0 Å². The van der Waals surface area contributed by atoms with E-state index in [1.165, 1.54) is 0 Å². The normalized spacial score (nSPS) is 15.1. The van der Waals surface area contributed by atoms with Gasteiger partial charge in [-0.3, -0.25) is 0 Å². The molecular formula is C17H32N2O. The molecule has 0 aromatic heterocycles. The van der Waals surface area contributed by atoms with E-state index in [0.29, 0.717) is 5.92 Å². The fraction of sp³-hybridized carbons (Fsp3) is 0.706. The van der Waals surface area contributed by atoms with Gasteiger partial charge in [-0.05, 0) is 43.4 Å². The molecule has 1 unspecified atom stereocenters. The second-order valence-corrected chi connectivity index (χ2v) is 6.53. The minimum Gasteiger partial charge on any atom is -0.411 e. The number of hydrogen-bond donors (Lipinski definition) is 2. The van der Waals surface area contributed by atoms with E-state index in [2.05, 4.69) is 57.2 Å². The molecule has 0 aliphatic rings. The van der Waals surface area contributed by atoms with Crippen LogP contribution < -0.4 is 5.73 Å². The van der Waals surface area contributed by atoms with Gasteiger partial charge < -0.3 is 10.9 Å². The van der Waals surface area contributed by atoms with Crippen molar-refractivity contribution < 1.29 is 5.21 Å². The summed E-state index contributed by atoms with van der Waals surface area (Å²) < 4.78 is 0. The van der Waals surface area contributed by atoms with Crippen molar-refractivity contribution in [2.45, 2.75) is 65.8 Å². The Kier molecular flexibility index (Phi) is 10.1. The number of unbranched alkanes of at least 4 members (excludes halogenated alkanes) is 1. The van der Waals surface area contributed by atoms with Crippen molar-refractivity contribution in [3.8, 4) is 0 Å².